The average molecular weight is 267 g/mol. The Labute approximate surface area is 112 Å². The normalized spacial score (nSPS) is 29.2. The molecule has 1 fully saturated rings. The molecule has 1 aliphatic rings. The van der Waals surface area contributed by atoms with Gasteiger partial charge in [-0.15, -0.1) is 11.3 Å². The molecule has 3 atom stereocenters. The summed E-state index contributed by atoms with van der Waals surface area (Å²) in [5.41, 5.74) is 5.64. The summed E-state index contributed by atoms with van der Waals surface area (Å²) < 4.78 is 0. The van der Waals surface area contributed by atoms with Gasteiger partial charge >= 0.3 is 0 Å². The molecule has 100 valence electrons. The highest BCUT2D eigenvalue weighted by molar-refractivity contribution is 7.11. The smallest absolute Gasteiger partial charge is 0.228 e. The van der Waals surface area contributed by atoms with E-state index in [9.17, 15) is 4.79 Å². The second-order valence-electron chi connectivity index (χ2n) is 5.42. The van der Waals surface area contributed by atoms with Crippen molar-refractivity contribution in [3.8, 4) is 0 Å². The lowest BCUT2D eigenvalue weighted by Gasteiger charge is -2.28. The molecule has 1 aromatic heterocycles. The Hall–Kier alpha value is -0.940. The standard InChI is InChI=1S/C13H21N3OS/c1-8-7-15-11(18-8)9(2)16-12(17)13(3)6-4-5-10(13)14/h7,9-10H,4-6,14H2,1-3H3,(H,16,17). The van der Waals surface area contributed by atoms with Crippen LogP contribution in [0.25, 0.3) is 0 Å². The van der Waals surface area contributed by atoms with Gasteiger partial charge in [0.05, 0.1) is 11.5 Å². The fourth-order valence-electron chi connectivity index (χ4n) is 2.47. The third-order valence-electron chi connectivity index (χ3n) is 3.91. The predicted octanol–water partition coefficient (Wildman–Crippen LogP) is 2.15. The highest BCUT2D eigenvalue weighted by atomic mass is 32.1. The fraction of sp³-hybridized carbons (Fsp3) is 0.692. The molecule has 0 radical (unpaired) electrons. The highest BCUT2D eigenvalue weighted by Gasteiger charge is 2.43. The fourth-order valence-corrected chi connectivity index (χ4v) is 3.25. The number of hydrogen-bond donors (Lipinski definition) is 2. The second-order valence-corrected chi connectivity index (χ2v) is 6.69. The number of nitrogens with one attached hydrogen (secondary N) is 1. The monoisotopic (exact) mass is 267 g/mol. The number of carbonyl (C=O) groups excluding carboxylic acids is 1. The first kappa shape index (κ1) is 13.5. The number of carbonyl (C=O) groups is 1. The molecule has 0 bridgehead atoms. The van der Waals surface area contributed by atoms with Crippen LogP contribution in [0, 0.1) is 12.3 Å². The predicted molar refractivity (Wildman–Crippen MR) is 73.3 cm³/mol. The van der Waals surface area contributed by atoms with Gasteiger partial charge in [0.15, 0.2) is 0 Å². The first-order valence-electron chi connectivity index (χ1n) is 6.42. The maximum Gasteiger partial charge on any atom is 0.228 e. The number of thiazole rings is 1. The lowest BCUT2D eigenvalue weighted by atomic mass is 9.84. The maximum absolute atomic E-state index is 12.4. The van der Waals surface area contributed by atoms with Gasteiger partial charge in [-0.3, -0.25) is 4.79 Å². The van der Waals surface area contributed by atoms with E-state index in [0.29, 0.717) is 0 Å². The van der Waals surface area contributed by atoms with Crippen LogP contribution in [0.15, 0.2) is 6.20 Å². The zero-order valence-electron chi connectivity index (χ0n) is 11.2. The van der Waals surface area contributed by atoms with E-state index in [2.05, 4.69) is 10.3 Å². The Kier molecular flexibility index (Phi) is 3.73. The van der Waals surface area contributed by atoms with Crippen LogP contribution in [-0.2, 0) is 4.79 Å². The van der Waals surface area contributed by atoms with Crippen molar-refractivity contribution < 1.29 is 4.79 Å². The third kappa shape index (κ3) is 2.42. The summed E-state index contributed by atoms with van der Waals surface area (Å²) in [7, 11) is 0. The molecule has 0 spiro atoms. The van der Waals surface area contributed by atoms with Crippen molar-refractivity contribution in [1.82, 2.24) is 10.3 Å². The van der Waals surface area contributed by atoms with Crippen LogP contribution in [0.3, 0.4) is 0 Å². The van der Waals surface area contributed by atoms with E-state index < -0.39 is 5.41 Å². The minimum absolute atomic E-state index is 0.0252. The number of rotatable bonds is 3. The first-order chi connectivity index (χ1) is 8.43. The van der Waals surface area contributed by atoms with E-state index in [4.69, 9.17) is 5.73 Å². The Morgan fingerprint density at radius 1 is 1.72 bits per heavy atom. The van der Waals surface area contributed by atoms with E-state index in [-0.39, 0.29) is 18.0 Å². The second kappa shape index (κ2) is 4.97. The molecule has 1 saturated carbocycles. The molecule has 1 aliphatic carbocycles. The molecule has 0 saturated heterocycles. The van der Waals surface area contributed by atoms with Gasteiger partial charge in [-0.1, -0.05) is 6.42 Å². The van der Waals surface area contributed by atoms with E-state index in [0.717, 1.165) is 29.1 Å². The molecular weight excluding hydrogens is 246 g/mol. The van der Waals surface area contributed by atoms with Crippen molar-refractivity contribution >= 4 is 17.2 Å². The van der Waals surface area contributed by atoms with Crippen molar-refractivity contribution in [2.24, 2.45) is 11.1 Å². The average Bonchev–Trinajstić information content (AvgIpc) is 2.87. The SMILES string of the molecule is Cc1cnc(C(C)NC(=O)C2(C)CCCC2N)s1. The molecule has 2 rings (SSSR count). The Bertz CT molecular complexity index is 445. The van der Waals surface area contributed by atoms with Crippen LogP contribution in [0.2, 0.25) is 0 Å². The van der Waals surface area contributed by atoms with E-state index in [1.165, 1.54) is 0 Å². The van der Waals surface area contributed by atoms with Crippen LogP contribution in [0.5, 0.6) is 0 Å². The maximum atomic E-state index is 12.4. The van der Waals surface area contributed by atoms with Crippen molar-refractivity contribution in [1.29, 1.82) is 0 Å². The van der Waals surface area contributed by atoms with Gasteiger partial charge in [0.25, 0.3) is 0 Å². The largest absolute Gasteiger partial charge is 0.347 e. The molecule has 4 nitrogen and oxygen atoms in total. The van der Waals surface area contributed by atoms with Gasteiger partial charge in [-0.05, 0) is 33.6 Å². The Morgan fingerprint density at radius 2 is 2.44 bits per heavy atom. The van der Waals surface area contributed by atoms with Gasteiger partial charge < -0.3 is 11.1 Å². The highest BCUT2D eigenvalue weighted by Crippen LogP contribution is 2.37. The summed E-state index contributed by atoms with van der Waals surface area (Å²) in [5.74, 6) is 0.0628. The molecule has 5 heteroatoms. The number of aryl methyl sites for hydroxylation is 1. The number of nitrogens with zero attached hydrogens (tertiary/aromatic N) is 1. The molecule has 0 aliphatic heterocycles. The number of hydrogen-bond acceptors (Lipinski definition) is 4. The van der Waals surface area contributed by atoms with Gasteiger partial charge in [0.1, 0.15) is 5.01 Å². The quantitative estimate of drug-likeness (QED) is 0.881. The van der Waals surface area contributed by atoms with Crippen molar-refractivity contribution in [3.63, 3.8) is 0 Å². The minimum Gasteiger partial charge on any atom is -0.347 e. The van der Waals surface area contributed by atoms with Crippen LogP contribution >= 0.6 is 11.3 Å². The van der Waals surface area contributed by atoms with Crippen LogP contribution in [0.1, 0.15) is 49.0 Å². The van der Waals surface area contributed by atoms with Crippen LogP contribution in [-0.4, -0.2) is 16.9 Å². The van der Waals surface area contributed by atoms with Gasteiger partial charge in [-0.25, -0.2) is 4.98 Å². The number of amides is 1. The van der Waals surface area contributed by atoms with Crippen molar-refractivity contribution in [3.05, 3.63) is 16.1 Å². The molecular formula is C13H21N3OS. The van der Waals surface area contributed by atoms with E-state index in [1.807, 2.05) is 27.0 Å². The lowest BCUT2D eigenvalue weighted by molar-refractivity contribution is -0.131. The van der Waals surface area contributed by atoms with Crippen LogP contribution < -0.4 is 11.1 Å². The zero-order chi connectivity index (χ0) is 13.3. The Morgan fingerprint density at radius 3 is 2.94 bits per heavy atom. The first-order valence-corrected chi connectivity index (χ1v) is 7.24. The molecule has 3 unspecified atom stereocenters. The van der Waals surface area contributed by atoms with E-state index in [1.54, 1.807) is 11.3 Å². The van der Waals surface area contributed by atoms with Gasteiger partial charge in [-0.2, -0.15) is 0 Å². The number of nitrogens with two attached hydrogens (primary N) is 1. The number of aromatic nitrogens is 1. The molecule has 1 heterocycles. The summed E-state index contributed by atoms with van der Waals surface area (Å²) in [6.07, 6.45) is 4.69. The van der Waals surface area contributed by atoms with Gasteiger partial charge in [0.2, 0.25) is 5.91 Å². The molecule has 1 aromatic rings. The van der Waals surface area contributed by atoms with Gasteiger partial charge in [0, 0.05) is 17.1 Å². The molecule has 3 N–H and O–H groups in total. The van der Waals surface area contributed by atoms with Crippen molar-refractivity contribution in [2.45, 2.75) is 52.1 Å². The Balaban J connectivity index is 2.03. The topological polar surface area (TPSA) is 68.0 Å². The zero-order valence-corrected chi connectivity index (χ0v) is 12.0. The molecule has 1 amide bonds. The van der Waals surface area contributed by atoms with Crippen molar-refractivity contribution in [2.75, 3.05) is 0 Å². The van der Waals surface area contributed by atoms with Crippen LogP contribution in [0.4, 0.5) is 0 Å². The van der Waals surface area contributed by atoms with E-state index >= 15 is 0 Å². The summed E-state index contributed by atoms with van der Waals surface area (Å²) in [6, 6.07) is -0.0662. The molecule has 0 aromatic carbocycles. The summed E-state index contributed by atoms with van der Waals surface area (Å²) in [5, 5.41) is 4.01. The summed E-state index contributed by atoms with van der Waals surface area (Å²) in [6.45, 7) is 5.96. The molecule has 18 heavy (non-hydrogen) atoms. The summed E-state index contributed by atoms with van der Waals surface area (Å²) >= 11 is 1.62. The minimum atomic E-state index is -0.416. The summed E-state index contributed by atoms with van der Waals surface area (Å²) in [4.78, 5) is 17.8. The lowest BCUT2D eigenvalue weighted by Crippen LogP contribution is -2.47. The third-order valence-corrected chi connectivity index (χ3v) is 5.00.